The Kier molecular flexibility index (Phi) is 4.82. The summed E-state index contributed by atoms with van der Waals surface area (Å²) < 4.78 is 7.30. The molecule has 102 valence electrons. The van der Waals surface area contributed by atoms with E-state index in [1.54, 1.807) is 4.68 Å². The van der Waals surface area contributed by atoms with Crippen molar-refractivity contribution in [2.45, 2.75) is 26.5 Å². The van der Waals surface area contributed by atoms with Gasteiger partial charge in [0.25, 0.3) is 0 Å². The molecular formula is C14H17ClN2O2. The van der Waals surface area contributed by atoms with Gasteiger partial charge in [0.2, 0.25) is 0 Å². The van der Waals surface area contributed by atoms with Crippen molar-refractivity contribution in [1.29, 1.82) is 0 Å². The number of aromatic nitrogens is 2. The van der Waals surface area contributed by atoms with Crippen molar-refractivity contribution < 1.29 is 9.84 Å². The Bertz CT molecular complexity index is 526. The third-order valence-electron chi connectivity index (χ3n) is 2.87. The van der Waals surface area contributed by atoms with Crippen LogP contribution >= 0.6 is 11.6 Å². The fourth-order valence-electron chi connectivity index (χ4n) is 1.84. The molecule has 2 aromatic rings. The predicted molar refractivity (Wildman–Crippen MR) is 74.5 cm³/mol. The van der Waals surface area contributed by atoms with E-state index in [4.69, 9.17) is 16.3 Å². The fraction of sp³-hybridized carbons (Fsp3) is 0.357. The van der Waals surface area contributed by atoms with Crippen molar-refractivity contribution in [1.82, 2.24) is 9.78 Å². The number of halogens is 1. The third kappa shape index (κ3) is 3.49. The van der Waals surface area contributed by atoms with Gasteiger partial charge in [-0.25, -0.2) is 0 Å². The van der Waals surface area contributed by atoms with Gasteiger partial charge in [-0.1, -0.05) is 29.8 Å². The lowest BCUT2D eigenvalue weighted by Crippen LogP contribution is -2.06. The van der Waals surface area contributed by atoms with Gasteiger partial charge in [0.05, 0.1) is 18.9 Å². The first-order valence-electron chi connectivity index (χ1n) is 6.23. The molecule has 0 saturated carbocycles. The molecule has 0 saturated heterocycles. The highest BCUT2D eigenvalue weighted by molar-refractivity contribution is 6.30. The van der Waals surface area contributed by atoms with E-state index in [2.05, 4.69) is 5.10 Å². The van der Waals surface area contributed by atoms with Gasteiger partial charge < -0.3 is 9.84 Å². The lowest BCUT2D eigenvalue weighted by atomic mass is 10.3. The molecule has 1 aromatic carbocycles. The monoisotopic (exact) mass is 280 g/mol. The van der Waals surface area contributed by atoms with Crippen LogP contribution in [-0.2, 0) is 13.2 Å². The highest BCUT2D eigenvalue weighted by Gasteiger charge is 2.11. The summed E-state index contributed by atoms with van der Waals surface area (Å²) in [6, 6.07) is 9.69. The maximum Gasteiger partial charge on any atom is 0.132 e. The number of aryl methyl sites for hydroxylation is 2. The molecule has 4 nitrogen and oxygen atoms in total. The zero-order valence-corrected chi connectivity index (χ0v) is 11.6. The second-order valence-corrected chi connectivity index (χ2v) is 4.61. The number of aliphatic hydroxyl groups excluding tert-OH is 1. The summed E-state index contributed by atoms with van der Waals surface area (Å²) in [6.07, 6.45) is 0.806. The van der Waals surface area contributed by atoms with Gasteiger partial charge in [-0.2, -0.15) is 5.10 Å². The van der Waals surface area contributed by atoms with E-state index in [0.717, 1.165) is 17.9 Å². The van der Waals surface area contributed by atoms with E-state index in [-0.39, 0.29) is 6.61 Å². The standard InChI is InChI=1S/C14H17ClN2O2/c1-11-13(10-18)14(15)17(16-11)8-5-9-19-12-6-3-2-4-7-12/h2-4,6-7,18H,5,8-10H2,1H3. The van der Waals surface area contributed by atoms with Crippen molar-refractivity contribution in [2.24, 2.45) is 0 Å². The molecule has 2 rings (SSSR count). The molecule has 0 amide bonds. The molecule has 0 radical (unpaired) electrons. The Balaban J connectivity index is 1.83. The number of benzene rings is 1. The van der Waals surface area contributed by atoms with Crippen LogP contribution < -0.4 is 4.74 Å². The number of aliphatic hydroxyl groups is 1. The van der Waals surface area contributed by atoms with E-state index < -0.39 is 0 Å². The van der Waals surface area contributed by atoms with Crippen LogP contribution in [0.4, 0.5) is 0 Å². The summed E-state index contributed by atoms with van der Waals surface area (Å²) in [4.78, 5) is 0. The topological polar surface area (TPSA) is 47.3 Å². The number of nitrogens with zero attached hydrogens (tertiary/aromatic N) is 2. The maximum atomic E-state index is 9.17. The van der Waals surface area contributed by atoms with Crippen LogP contribution in [0.5, 0.6) is 5.75 Å². The number of rotatable bonds is 6. The number of hydrogen-bond donors (Lipinski definition) is 1. The minimum Gasteiger partial charge on any atom is -0.494 e. The summed E-state index contributed by atoms with van der Waals surface area (Å²) in [7, 11) is 0. The van der Waals surface area contributed by atoms with Crippen molar-refractivity contribution in [2.75, 3.05) is 6.61 Å². The first kappa shape index (κ1) is 13.9. The van der Waals surface area contributed by atoms with Gasteiger partial charge in [0, 0.05) is 18.5 Å². The zero-order chi connectivity index (χ0) is 13.7. The van der Waals surface area contributed by atoms with E-state index >= 15 is 0 Å². The van der Waals surface area contributed by atoms with Crippen LogP contribution in [0.3, 0.4) is 0 Å². The summed E-state index contributed by atoms with van der Waals surface area (Å²) >= 11 is 6.13. The fourth-order valence-corrected chi connectivity index (χ4v) is 2.16. The van der Waals surface area contributed by atoms with Crippen molar-refractivity contribution in [3.05, 3.63) is 46.7 Å². The smallest absolute Gasteiger partial charge is 0.132 e. The quantitative estimate of drug-likeness (QED) is 0.828. The normalized spacial score (nSPS) is 10.7. The van der Waals surface area contributed by atoms with Crippen LogP contribution in [0.15, 0.2) is 30.3 Å². The maximum absolute atomic E-state index is 9.17. The number of hydrogen-bond acceptors (Lipinski definition) is 3. The minimum absolute atomic E-state index is 0.0782. The van der Waals surface area contributed by atoms with E-state index in [9.17, 15) is 5.11 Å². The Morgan fingerprint density at radius 3 is 2.68 bits per heavy atom. The molecule has 0 fully saturated rings. The van der Waals surface area contributed by atoms with Gasteiger partial charge in [-0.05, 0) is 19.1 Å². The molecule has 0 atom stereocenters. The second-order valence-electron chi connectivity index (χ2n) is 4.25. The molecule has 5 heteroatoms. The molecule has 1 N–H and O–H groups in total. The van der Waals surface area contributed by atoms with E-state index in [1.165, 1.54) is 0 Å². The van der Waals surface area contributed by atoms with Crippen LogP contribution in [0.25, 0.3) is 0 Å². The van der Waals surface area contributed by atoms with Crippen molar-refractivity contribution in [3.63, 3.8) is 0 Å². The number of ether oxygens (including phenoxy) is 1. The Hall–Kier alpha value is -1.52. The summed E-state index contributed by atoms with van der Waals surface area (Å²) in [5, 5.41) is 14.0. The van der Waals surface area contributed by atoms with Gasteiger partial charge in [-0.15, -0.1) is 0 Å². The summed E-state index contributed by atoms with van der Waals surface area (Å²) in [5.74, 6) is 0.862. The van der Waals surface area contributed by atoms with Gasteiger partial charge in [-0.3, -0.25) is 4.68 Å². The van der Waals surface area contributed by atoms with E-state index in [1.807, 2.05) is 37.3 Å². The van der Waals surface area contributed by atoms with E-state index in [0.29, 0.717) is 23.9 Å². The molecule has 0 unspecified atom stereocenters. The highest BCUT2D eigenvalue weighted by Crippen LogP contribution is 2.19. The van der Waals surface area contributed by atoms with Crippen LogP contribution in [-0.4, -0.2) is 21.5 Å². The van der Waals surface area contributed by atoms with Crippen LogP contribution in [0.1, 0.15) is 17.7 Å². The summed E-state index contributed by atoms with van der Waals surface area (Å²) in [5.41, 5.74) is 1.47. The van der Waals surface area contributed by atoms with Crippen LogP contribution in [0, 0.1) is 6.92 Å². The predicted octanol–water partition coefficient (Wildman–Crippen LogP) is 2.81. The Labute approximate surface area is 117 Å². The van der Waals surface area contributed by atoms with Crippen molar-refractivity contribution in [3.8, 4) is 5.75 Å². The minimum atomic E-state index is -0.0782. The second kappa shape index (κ2) is 6.59. The third-order valence-corrected chi connectivity index (χ3v) is 3.29. The SMILES string of the molecule is Cc1nn(CCCOc2ccccc2)c(Cl)c1CO. The van der Waals surface area contributed by atoms with Gasteiger partial charge in [0.1, 0.15) is 10.9 Å². The molecule has 0 aliphatic rings. The molecule has 1 heterocycles. The number of para-hydroxylation sites is 1. The molecule has 0 spiro atoms. The lowest BCUT2D eigenvalue weighted by molar-refractivity contribution is 0.280. The lowest BCUT2D eigenvalue weighted by Gasteiger charge is -2.06. The first-order valence-corrected chi connectivity index (χ1v) is 6.60. The van der Waals surface area contributed by atoms with Crippen LogP contribution in [0.2, 0.25) is 5.15 Å². The zero-order valence-electron chi connectivity index (χ0n) is 10.8. The van der Waals surface area contributed by atoms with Crippen molar-refractivity contribution >= 4 is 11.6 Å². The average Bonchev–Trinajstić information content (AvgIpc) is 2.70. The molecular weight excluding hydrogens is 264 g/mol. The largest absolute Gasteiger partial charge is 0.494 e. The molecule has 1 aromatic heterocycles. The highest BCUT2D eigenvalue weighted by atomic mass is 35.5. The molecule has 0 aliphatic carbocycles. The molecule has 0 aliphatic heterocycles. The van der Waals surface area contributed by atoms with Gasteiger partial charge >= 0.3 is 0 Å². The summed E-state index contributed by atoms with van der Waals surface area (Å²) in [6.45, 7) is 3.04. The average molecular weight is 281 g/mol. The first-order chi connectivity index (χ1) is 9.22. The Morgan fingerprint density at radius 2 is 2.05 bits per heavy atom. The molecule has 19 heavy (non-hydrogen) atoms. The Morgan fingerprint density at radius 1 is 1.32 bits per heavy atom. The van der Waals surface area contributed by atoms with Gasteiger partial charge in [0.15, 0.2) is 0 Å². The molecule has 0 bridgehead atoms.